The first kappa shape index (κ1) is 13.2. The molecule has 1 saturated carbocycles. The van der Waals surface area contributed by atoms with Gasteiger partial charge in [0.1, 0.15) is 5.84 Å². The first-order valence-electron chi connectivity index (χ1n) is 7.53. The van der Waals surface area contributed by atoms with Crippen LogP contribution >= 0.6 is 0 Å². The van der Waals surface area contributed by atoms with Gasteiger partial charge in [-0.3, -0.25) is 9.79 Å². The van der Waals surface area contributed by atoms with Gasteiger partial charge in [0.2, 0.25) is 5.91 Å². The number of carbonyl (C=O) groups is 1. The fourth-order valence-corrected chi connectivity index (χ4v) is 2.98. The molecule has 0 radical (unpaired) electrons. The second-order valence-corrected chi connectivity index (χ2v) is 5.53. The number of para-hydroxylation sites is 1. The maximum absolute atomic E-state index is 12.4. The van der Waals surface area contributed by atoms with E-state index in [1.165, 1.54) is 19.3 Å². The smallest absolute Gasteiger partial charge is 0.227 e. The second-order valence-electron chi connectivity index (χ2n) is 5.53. The third-order valence-corrected chi connectivity index (χ3v) is 4.09. The molecule has 0 saturated heterocycles. The summed E-state index contributed by atoms with van der Waals surface area (Å²) in [4.78, 5) is 16.8. The summed E-state index contributed by atoms with van der Waals surface area (Å²) < 4.78 is 0. The molecular weight excluding hydrogens is 250 g/mol. The average Bonchev–Trinajstić information content (AvgIpc) is 3.03. The Morgan fingerprint density at radius 1 is 1.20 bits per heavy atom. The summed E-state index contributed by atoms with van der Waals surface area (Å²) in [6.45, 7) is 1.68. The van der Waals surface area contributed by atoms with Gasteiger partial charge < -0.3 is 10.6 Å². The highest BCUT2D eigenvalue weighted by atomic mass is 16.1. The van der Waals surface area contributed by atoms with Crippen LogP contribution in [0.3, 0.4) is 0 Å². The minimum atomic E-state index is 0.163. The van der Waals surface area contributed by atoms with Gasteiger partial charge in [-0.15, -0.1) is 0 Å². The molecule has 1 amide bonds. The van der Waals surface area contributed by atoms with E-state index in [1.807, 2.05) is 24.3 Å². The van der Waals surface area contributed by atoms with E-state index in [0.29, 0.717) is 0 Å². The number of benzene rings is 1. The first-order chi connectivity index (χ1) is 9.84. The number of nitrogens with one attached hydrogen (secondary N) is 2. The SMILES string of the molecule is O=C(Nc1ccccc1C1=NCCN1)C1CCCCC1. The van der Waals surface area contributed by atoms with Crippen molar-refractivity contribution in [3.05, 3.63) is 29.8 Å². The molecule has 4 nitrogen and oxygen atoms in total. The Kier molecular flexibility index (Phi) is 4.00. The Balaban J connectivity index is 1.75. The Hall–Kier alpha value is -1.84. The molecule has 1 heterocycles. The molecule has 2 aliphatic rings. The number of anilines is 1. The molecule has 0 aromatic heterocycles. The Bertz CT molecular complexity index is 518. The summed E-state index contributed by atoms with van der Waals surface area (Å²) in [5.74, 6) is 1.23. The third kappa shape index (κ3) is 2.84. The van der Waals surface area contributed by atoms with E-state index in [0.717, 1.165) is 43.0 Å². The van der Waals surface area contributed by atoms with Crippen LogP contribution in [0.1, 0.15) is 37.7 Å². The molecule has 1 fully saturated rings. The molecular formula is C16H21N3O. The van der Waals surface area contributed by atoms with Crippen molar-refractivity contribution in [1.29, 1.82) is 0 Å². The van der Waals surface area contributed by atoms with Crippen LogP contribution in [0, 0.1) is 5.92 Å². The van der Waals surface area contributed by atoms with Crippen molar-refractivity contribution < 1.29 is 4.79 Å². The summed E-state index contributed by atoms with van der Waals surface area (Å²) in [5, 5.41) is 6.36. The van der Waals surface area contributed by atoms with Crippen LogP contribution in [0.15, 0.2) is 29.3 Å². The van der Waals surface area contributed by atoms with Gasteiger partial charge in [-0.2, -0.15) is 0 Å². The van der Waals surface area contributed by atoms with E-state index < -0.39 is 0 Å². The minimum Gasteiger partial charge on any atom is -0.368 e. The molecule has 0 unspecified atom stereocenters. The van der Waals surface area contributed by atoms with E-state index in [9.17, 15) is 4.79 Å². The van der Waals surface area contributed by atoms with E-state index in [2.05, 4.69) is 15.6 Å². The Morgan fingerprint density at radius 2 is 2.00 bits per heavy atom. The zero-order valence-electron chi connectivity index (χ0n) is 11.7. The number of aliphatic imine (C=N–C) groups is 1. The van der Waals surface area contributed by atoms with E-state index in [-0.39, 0.29) is 11.8 Å². The van der Waals surface area contributed by atoms with Crippen molar-refractivity contribution in [3.8, 4) is 0 Å². The molecule has 0 spiro atoms. The average molecular weight is 271 g/mol. The van der Waals surface area contributed by atoms with Crippen molar-refractivity contribution in [3.63, 3.8) is 0 Å². The van der Waals surface area contributed by atoms with Gasteiger partial charge in [0.05, 0.1) is 12.2 Å². The molecule has 106 valence electrons. The second kappa shape index (κ2) is 6.07. The molecule has 1 aliphatic carbocycles. The van der Waals surface area contributed by atoms with Gasteiger partial charge in [0.25, 0.3) is 0 Å². The zero-order valence-corrected chi connectivity index (χ0v) is 11.7. The molecule has 0 atom stereocenters. The van der Waals surface area contributed by atoms with Crippen molar-refractivity contribution >= 4 is 17.4 Å². The van der Waals surface area contributed by atoms with E-state index >= 15 is 0 Å². The number of hydrogen-bond acceptors (Lipinski definition) is 3. The van der Waals surface area contributed by atoms with Gasteiger partial charge in [0.15, 0.2) is 0 Å². The fourth-order valence-electron chi connectivity index (χ4n) is 2.98. The number of carbonyl (C=O) groups excluding carboxylic acids is 1. The van der Waals surface area contributed by atoms with Crippen LogP contribution in [0.25, 0.3) is 0 Å². The van der Waals surface area contributed by atoms with Gasteiger partial charge >= 0.3 is 0 Å². The van der Waals surface area contributed by atoms with E-state index in [4.69, 9.17) is 0 Å². The summed E-state index contributed by atoms with van der Waals surface area (Å²) >= 11 is 0. The van der Waals surface area contributed by atoms with Crippen LogP contribution < -0.4 is 10.6 Å². The molecule has 2 N–H and O–H groups in total. The molecule has 1 aromatic rings. The quantitative estimate of drug-likeness (QED) is 0.887. The maximum Gasteiger partial charge on any atom is 0.227 e. The monoisotopic (exact) mass is 271 g/mol. The summed E-state index contributed by atoms with van der Waals surface area (Å²) in [6.07, 6.45) is 5.66. The number of rotatable bonds is 3. The molecule has 3 rings (SSSR count). The Morgan fingerprint density at radius 3 is 2.75 bits per heavy atom. The van der Waals surface area contributed by atoms with Gasteiger partial charge in [-0.05, 0) is 25.0 Å². The maximum atomic E-state index is 12.4. The van der Waals surface area contributed by atoms with Crippen molar-refractivity contribution in [2.75, 3.05) is 18.4 Å². The molecule has 1 aliphatic heterocycles. The first-order valence-corrected chi connectivity index (χ1v) is 7.53. The lowest BCUT2D eigenvalue weighted by Crippen LogP contribution is -2.27. The normalized spacial score (nSPS) is 19.3. The fraction of sp³-hybridized carbons (Fsp3) is 0.500. The van der Waals surface area contributed by atoms with Crippen molar-refractivity contribution in [2.45, 2.75) is 32.1 Å². The lowest BCUT2D eigenvalue weighted by molar-refractivity contribution is -0.120. The highest BCUT2D eigenvalue weighted by Gasteiger charge is 2.22. The van der Waals surface area contributed by atoms with Crippen LogP contribution in [0.2, 0.25) is 0 Å². The van der Waals surface area contributed by atoms with Crippen molar-refractivity contribution in [1.82, 2.24) is 5.32 Å². The summed E-state index contributed by atoms with van der Waals surface area (Å²) in [5.41, 5.74) is 1.87. The number of amidine groups is 1. The molecule has 0 bridgehead atoms. The number of nitrogens with zero attached hydrogens (tertiary/aromatic N) is 1. The van der Waals surface area contributed by atoms with Gasteiger partial charge in [0, 0.05) is 18.0 Å². The Labute approximate surface area is 119 Å². The summed E-state index contributed by atoms with van der Waals surface area (Å²) in [6, 6.07) is 7.90. The molecule has 1 aromatic carbocycles. The lowest BCUT2D eigenvalue weighted by atomic mass is 9.88. The van der Waals surface area contributed by atoms with Crippen LogP contribution in [0.5, 0.6) is 0 Å². The topological polar surface area (TPSA) is 53.5 Å². The standard InChI is InChI=1S/C16H21N3O/c20-16(12-6-2-1-3-7-12)19-14-9-5-4-8-13(14)15-17-10-11-18-15/h4-5,8-9,12H,1-3,6-7,10-11H2,(H,17,18)(H,19,20). The zero-order chi connectivity index (χ0) is 13.8. The van der Waals surface area contributed by atoms with Crippen LogP contribution in [-0.4, -0.2) is 24.8 Å². The minimum absolute atomic E-state index is 0.163. The highest BCUT2D eigenvalue weighted by molar-refractivity contribution is 6.07. The molecule has 20 heavy (non-hydrogen) atoms. The highest BCUT2D eigenvalue weighted by Crippen LogP contribution is 2.26. The predicted molar refractivity (Wildman–Crippen MR) is 81.1 cm³/mol. The van der Waals surface area contributed by atoms with Gasteiger partial charge in [-0.1, -0.05) is 31.4 Å². The largest absolute Gasteiger partial charge is 0.368 e. The van der Waals surface area contributed by atoms with Crippen molar-refractivity contribution in [2.24, 2.45) is 10.9 Å². The van der Waals surface area contributed by atoms with Gasteiger partial charge in [-0.25, -0.2) is 0 Å². The third-order valence-electron chi connectivity index (χ3n) is 4.09. The molecule has 4 heteroatoms. The summed E-state index contributed by atoms with van der Waals surface area (Å²) in [7, 11) is 0. The number of hydrogen-bond donors (Lipinski definition) is 2. The van der Waals surface area contributed by atoms with E-state index in [1.54, 1.807) is 0 Å². The predicted octanol–water partition coefficient (Wildman–Crippen LogP) is 2.56. The van der Waals surface area contributed by atoms with Crippen LogP contribution in [0.4, 0.5) is 5.69 Å². The lowest BCUT2D eigenvalue weighted by Gasteiger charge is -2.21. The number of amides is 1. The van der Waals surface area contributed by atoms with Crippen LogP contribution in [-0.2, 0) is 4.79 Å².